The van der Waals surface area contributed by atoms with Crippen molar-refractivity contribution in [3.05, 3.63) is 33.8 Å². The normalized spacial score (nSPS) is 13.6. The topological polar surface area (TPSA) is 12.0 Å². The van der Waals surface area contributed by atoms with Crippen molar-refractivity contribution < 1.29 is 0 Å². The second-order valence-corrected chi connectivity index (χ2v) is 8.29. The third-order valence-electron chi connectivity index (χ3n) is 2.68. The highest BCUT2D eigenvalue weighted by molar-refractivity contribution is 8.00. The molecule has 1 N–H and O–H groups in total. The van der Waals surface area contributed by atoms with Gasteiger partial charge in [0, 0.05) is 16.5 Å². The van der Waals surface area contributed by atoms with E-state index in [9.17, 15) is 0 Å². The third-order valence-corrected chi connectivity index (χ3v) is 4.85. The number of hydrogen-bond acceptors (Lipinski definition) is 2. The summed E-state index contributed by atoms with van der Waals surface area (Å²) in [6, 6.07) is 6.36. The van der Waals surface area contributed by atoms with Crippen molar-refractivity contribution in [1.29, 1.82) is 0 Å². The molecule has 0 spiro atoms. The number of rotatable bonds is 6. The average Bonchev–Trinajstić information content (AvgIpc) is 2.30. The summed E-state index contributed by atoms with van der Waals surface area (Å²) in [5, 5.41) is 4.80. The van der Waals surface area contributed by atoms with Gasteiger partial charge >= 0.3 is 0 Å². The number of hydrogen-bond donors (Lipinski definition) is 1. The predicted octanol–water partition coefficient (Wildman–Crippen LogP) is 5.05. The van der Waals surface area contributed by atoms with Crippen LogP contribution in [0.15, 0.2) is 18.2 Å². The van der Waals surface area contributed by atoms with Crippen LogP contribution in [0.4, 0.5) is 0 Å². The minimum Gasteiger partial charge on any atom is -0.313 e. The van der Waals surface area contributed by atoms with Crippen LogP contribution in [0.3, 0.4) is 0 Å². The van der Waals surface area contributed by atoms with E-state index >= 15 is 0 Å². The van der Waals surface area contributed by atoms with Gasteiger partial charge in [-0.25, -0.2) is 0 Å². The van der Waals surface area contributed by atoms with Crippen LogP contribution in [0, 0.1) is 0 Å². The molecule has 19 heavy (non-hydrogen) atoms. The van der Waals surface area contributed by atoms with E-state index in [4.69, 9.17) is 23.2 Å². The Labute approximate surface area is 131 Å². The summed E-state index contributed by atoms with van der Waals surface area (Å²) in [6.45, 7) is 9.87. The Bertz CT molecular complexity index is 402. The maximum absolute atomic E-state index is 6.07. The molecule has 1 atom stereocenters. The van der Waals surface area contributed by atoms with Crippen molar-refractivity contribution in [3.63, 3.8) is 0 Å². The van der Waals surface area contributed by atoms with Crippen molar-refractivity contribution in [2.45, 2.75) is 44.9 Å². The van der Waals surface area contributed by atoms with Crippen molar-refractivity contribution in [3.8, 4) is 0 Å². The van der Waals surface area contributed by atoms with Crippen LogP contribution in [0.5, 0.6) is 0 Å². The minimum atomic E-state index is 0.297. The lowest BCUT2D eigenvalue weighted by molar-refractivity contribution is 0.570. The van der Waals surface area contributed by atoms with Crippen molar-refractivity contribution >= 4 is 35.0 Å². The number of likely N-dealkylation sites (N-methyl/N-ethyl adjacent to an activating group) is 1. The number of benzene rings is 1. The first kappa shape index (κ1) is 17.2. The molecule has 0 aliphatic carbocycles. The molecule has 1 aromatic carbocycles. The summed E-state index contributed by atoms with van der Waals surface area (Å²) in [7, 11) is 0. The zero-order valence-corrected chi connectivity index (χ0v) is 14.4. The van der Waals surface area contributed by atoms with E-state index in [1.165, 1.54) is 5.56 Å². The fourth-order valence-corrected chi connectivity index (χ4v) is 3.04. The zero-order valence-electron chi connectivity index (χ0n) is 12.1. The molecule has 0 heterocycles. The Morgan fingerprint density at radius 3 is 2.42 bits per heavy atom. The Balaban J connectivity index is 2.64. The van der Waals surface area contributed by atoms with E-state index in [1.807, 2.05) is 23.9 Å². The SMILES string of the molecule is CCNC(CSC(C)(C)C)Cc1ccc(Cl)c(Cl)c1. The molecule has 0 fully saturated rings. The molecule has 1 rings (SSSR count). The molecule has 1 nitrogen and oxygen atoms in total. The van der Waals surface area contributed by atoms with Crippen LogP contribution in [-0.4, -0.2) is 23.1 Å². The van der Waals surface area contributed by atoms with Crippen LogP contribution >= 0.6 is 35.0 Å². The molecule has 0 bridgehead atoms. The number of halogens is 2. The second-order valence-electron chi connectivity index (χ2n) is 5.63. The number of nitrogens with one attached hydrogen (secondary N) is 1. The lowest BCUT2D eigenvalue weighted by Gasteiger charge is -2.23. The van der Waals surface area contributed by atoms with E-state index in [-0.39, 0.29) is 0 Å². The van der Waals surface area contributed by atoms with Gasteiger partial charge in [0.25, 0.3) is 0 Å². The number of thioether (sulfide) groups is 1. The molecular formula is C15H23Cl2NS. The summed E-state index contributed by atoms with van der Waals surface area (Å²) < 4.78 is 0.297. The first-order valence-corrected chi connectivity index (χ1v) is 8.37. The highest BCUT2D eigenvalue weighted by Crippen LogP contribution is 2.26. The highest BCUT2D eigenvalue weighted by Gasteiger charge is 2.16. The quantitative estimate of drug-likeness (QED) is 0.787. The van der Waals surface area contributed by atoms with Gasteiger partial charge in [0.2, 0.25) is 0 Å². The smallest absolute Gasteiger partial charge is 0.0595 e. The molecule has 0 radical (unpaired) electrons. The lowest BCUT2D eigenvalue weighted by atomic mass is 10.1. The lowest BCUT2D eigenvalue weighted by Crippen LogP contribution is -2.34. The Morgan fingerprint density at radius 1 is 1.21 bits per heavy atom. The maximum atomic E-state index is 6.07. The average molecular weight is 320 g/mol. The molecule has 0 aromatic heterocycles. The standard InChI is InChI=1S/C15H23Cl2NS/c1-5-18-12(10-19-15(2,3)4)8-11-6-7-13(16)14(17)9-11/h6-7,9,12,18H,5,8,10H2,1-4H3. The Hall–Kier alpha value is 0.110. The van der Waals surface area contributed by atoms with Gasteiger partial charge in [0.1, 0.15) is 0 Å². The van der Waals surface area contributed by atoms with Crippen molar-refractivity contribution in [1.82, 2.24) is 5.32 Å². The Kier molecular flexibility index (Phi) is 7.02. The molecule has 0 aliphatic rings. The van der Waals surface area contributed by atoms with Gasteiger partial charge in [-0.2, -0.15) is 11.8 Å². The van der Waals surface area contributed by atoms with Gasteiger partial charge in [-0.3, -0.25) is 0 Å². The van der Waals surface area contributed by atoms with Gasteiger partial charge in [0.15, 0.2) is 0 Å². The molecule has 0 amide bonds. The summed E-state index contributed by atoms with van der Waals surface area (Å²) in [5.74, 6) is 1.09. The molecule has 0 saturated heterocycles. The molecule has 1 aromatic rings. The van der Waals surface area contributed by atoms with Crippen LogP contribution in [0.2, 0.25) is 10.0 Å². The predicted molar refractivity (Wildman–Crippen MR) is 89.8 cm³/mol. The zero-order chi connectivity index (χ0) is 14.5. The summed E-state index contributed by atoms with van der Waals surface area (Å²) in [6.07, 6.45) is 0.980. The van der Waals surface area contributed by atoms with E-state index in [2.05, 4.69) is 39.1 Å². The van der Waals surface area contributed by atoms with Crippen LogP contribution in [0.25, 0.3) is 0 Å². The molecule has 0 aliphatic heterocycles. The van der Waals surface area contributed by atoms with Crippen molar-refractivity contribution in [2.24, 2.45) is 0 Å². The van der Waals surface area contributed by atoms with Gasteiger partial charge in [0.05, 0.1) is 10.0 Å². The fourth-order valence-electron chi connectivity index (χ4n) is 1.78. The van der Waals surface area contributed by atoms with E-state index in [0.29, 0.717) is 20.8 Å². The monoisotopic (exact) mass is 319 g/mol. The van der Waals surface area contributed by atoms with E-state index in [0.717, 1.165) is 18.7 Å². The van der Waals surface area contributed by atoms with Gasteiger partial charge in [-0.15, -0.1) is 0 Å². The molecule has 1 unspecified atom stereocenters. The van der Waals surface area contributed by atoms with E-state index < -0.39 is 0 Å². The van der Waals surface area contributed by atoms with Gasteiger partial charge in [-0.05, 0) is 30.7 Å². The first-order valence-electron chi connectivity index (χ1n) is 6.63. The second kappa shape index (κ2) is 7.78. The highest BCUT2D eigenvalue weighted by atomic mass is 35.5. The Morgan fingerprint density at radius 2 is 1.89 bits per heavy atom. The maximum Gasteiger partial charge on any atom is 0.0595 e. The summed E-state index contributed by atoms with van der Waals surface area (Å²) >= 11 is 14.0. The molecule has 0 saturated carbocycles. The summed E-state index contributed by atoms with van der Waals surface area (Å²) in [4.78, 5) is 0. The fraction of sp³-hybridized carbons (Fsp3) is 0.600. The van der Waals surface area contributed by atoms with Crippen LogP contribution in [0.1, 0.15) is 33.3 Å². The van der Waals surface area contributed by atoms with Gasteiger partial charge in [-0.1, -0.05) is 57.0 Å². The largest absolute Gasteiger partial charge is 0.313 e. The van der Waals surface area contributed by atoms with Gasteiger partial charge < -0.3 is 5.32 Å². The van der Waals surface area contributed by atoms with Crippen molar-refractivity contribution in [2.75, 3.05) is 12.3 Å². The summed E-state index contributed by atoms with van der Waals surface area (Å²) in [5.41, 5.74) is 1.23. The van der Waals surface area contributed by atoms with E-state index in [1.54, 1.807) is 0 Å². The molecular weight excluding hydrogens is 297 g/mol. The third kappa shape index (κ3) is 6.89. The first-order chi connectivity index (χ1) is 8.81. The minimum absolute atomic E-state index is 0.297. The van der Waals surface area contributed by atoms with Crippen LogP contribution in [-0.2, 0) is 6.42 Å². The molecule has 4 heteroatoms. The molecule has 108 valence electrons. The van der Waals surface area contributed by atoms with Crippen LogP contribution < -0.4 is 5.32 Å².